The number of hydrogen-bond acceptors (Lipinski definition) is 4. The Hall–Kier alpha value is -2.02. The summed E-state index contributed by atoms with van der Waals surface area (Å²) in [5.41, 5.74) is 0.979. The number of nitrogens with zero attached hydrogens (tertiary/aromatic N) is 4. The molecular formula is C21H28Cl2N4O2. The van der Waals surface area contributed by atoms with Crippen LogP contribution in [0.5, 0.6) is 0 Å². The third-order valence-electron chi connectivity index (χ3n) is 4.66. The van der Waals surface area contributed by atoms with Crippen LogP contribution in [0.15, 0.2) is 45.9 Å². The molecule has 0 unspecified atom stereocenters. The minimum absolute atomic E-state index is 0. The van der Waals surface area contributed by atoms with Crippen molar-refractivity contribution >= 4 is 36.3 Å². The van der Waals surface area contributed by atoms with Gasteiger partial charge in [0.05, 0.1) is 6.54 Å². The summed E-state index contributed by atoms with van der Waals surface area (Å²) < 4.78 is 5.85. The van der Waals surface area contributed by atoms with Crippen molar-refractivity contribution in [3.05, 3.63) is 47.2 Å². The summed E-state index contributed by atoms with van der Waals surface area (Å²) in [7, 11) is 4.13. The molecule has 1 aliphatic rings. The number of furan rings is 1. The van der Waals surface area contributed by atoms with E-state index in [0.717, 1.165) is 49.6 Å². The highest BCUT2D eigenvalue weighted by atomic mass is 35.5. The number of rotatable bonds is 9. The van der Waals surface area contributed by atoms with Gasteiger partial charge >= 0.3 is 6.03 Å². The average molecular weight is 439 g/mol. The fourth-order valence-corrected chi connectivity index (χ4v) is 3.23. The molecule has 158 valence electrons. The zero-order valence-corrected chi connectivity index (χ0v) is 18.5. The van der Waals surface area contributed by atoms with Gasteiger partial charge in [0.1, 0.15) is 11.5 Å². The van der Waals surface area contributed by atoms with Gasteiger partial charge in [-0.2, -0.15) is 5.10 Å². The molecule has 1 aromatic heterocycles. The minimum Gasteiger partial charge on any atom is -0.461 e. The second-order valence-electron chi connectivity index (χ2n) is 7.18. The Balaban J connectivity index is 0.00000300. The number of hydrazone groups is 1. The van der Waals surface area contributed by atoms with Gasteiger partial charge in [0, 0.05) is 36.3 Å². The van der Waals surface area contributed by atoms with E-state index in [2.05, 4.69) is 24.1 Å². The quantitative estimate of drug-likeness (QED) is 0.423. The van der Waals surface area contributed by atoms with Crippen LogP contribution in [0.4, 0.5) is 4.79 Å². The van der Waals surface area contributed by atoms with E-state index in [-0.39, 0.29) is 18.4 Å². The van der Waals surface area contributed by atoms with Crippen LogP contribution in [0.2, 0.25) is 5.02 Å². The summed E-state index contributed by atoms with van der Waals surface area (Å²) in [4.78, 5) is 16.4. The van der Waals surface area contributed by atoms with E-state index in [4.69, 9.17) is 16.0 Å². The Morgan fingerprint density at radius 1 is 1.14 bits per heavy atom. The van der Waals surface area contributed by atoms with Crippen molar-refractivity contribution < 1.29 is 9.21 Å². The van der Waals surface area contributed by atoms with Gasteiger partial charge in [0.25, 0.3) is 0 Å². The standard InChI is InChI=1S/C21H27ClN4O2.ClH/c1-24(2)13-3-4-14-25-15-16-26(21(25)27)23-12-11-19-9-10-20(28-19)17-5-7-18(22)8-6-17;/h5-10,12H,3-4,11,13-16H2,1-2H3;1H. The van der Waals surface area contributed by atoms with E-state index in [1.54, 1.807) is 6.21 Å². The molecule has 29 heavy (non-hydrogen) atoms. The number of halogens is 2. The molecule has 1 fully saturated rings. The zero-order chi connectivity index (χ0) is 19.9. The van der Waals surface area contributed by atoms with Crippen LogP contribution >= 0.6 is 24.0 Å². The van der Waals surface area contributed by atoms with Crippen LogP contribution in [-0.2, 0) is 6.42 Å². The molecule has 3 rings (SSSR count). The van der Waals surface area contributed by atoms with E-state index >= 15 is 0 Å². The number of hydrogen-bond donors (Lipinski definition) is 0. The Morgan fingerprint density at radius 2 is 1.90 bits per heavy atom. The lowest BCUT2D eigenvalue weighted by Crippen LogP contribution is -2.30. The van der Waals surface area contributed by atoms with Crippen molar-refractivity contribution in [2.75, 3.05) is 40.3 Å². The molecule has 0 spiro atoms. The van der Waals surface area contributed by atoms with Crippen LogP contribution in [-0.4, -0.2) is 67.3 Å². The maximum Gasteiger partial charge on any atom is 0.340 e. The highest BCUT2D eigenvalue weighted by molar-refractivity contribution is 6.30. The van der Waals surface area contributed by atoms with Crippen LogP contribution in [0.3, 0.4) is 0 Å². The summed E-state index contributed by atoms with van der Waals surface area (Å²) in [5, 5.41) is 6.57. The van der Waals surface area contributed by atoms with Gasteiger partial charge in [-0.15, -0.1) is 12.4 Å². The molecule has 0 N–H and O–H groups in total. The van der Waals surface area contributed by atoms with E-state index in [1.165, 1.54) is 5.01 Å². The molecule has 0 atom stereocenters. The van der Waals surface area contributed by atoms with Crippen LogP contribution < -0.4 is 0 Å². The lowest BCUT2D eigenvalue weighted by Gasteiger charge is -2.16. The highest BCUT2D eigenvalue weighted by Crippen LogP contribution is 2.23. The molecule has 0 aliphatic carbocycles. The number of unbranched alkanes of at least 4 members (excludes halogenated alkanes) is 1. The van der Waals surface area contributed by atoms with Crippen molar-refractivity contribution in [1.29, 1.82) is 0 Å². The first kappa shape index (κ1) is 23.3. The zero-order valence-electron chi connectivity index (χ0n) is 16.9. The van der Waals surface area contributed by atoms with Crippen LogP contribution in [0.25, 0.3) is 11.3 Å². The Morgan fingerprint density at radius 3 is 2.62 bits per heavy atom. The number of benzene rings is 1. The molecule has 0 saturated carbocycles. The molecule has 2 amide bonds. The summed E-state index contributed by atoms with van der Waals surface area (Å²) in [5.74, 6) is 1.60. The Bertz CT molecular complexity index is 805. The molecule has 2 aromatic rings. The van der Waals surface area contributed by atoms with Gasteiger partial charge in [0.15, 0.2) is 0 Å². The highest BCUT2D eigenvalue weighted by Gasteiger charge is 2.27. The van der Waals surface area contributed by atoms with Gasteiger partial charge in [-0.1, -0.05) is 11.6 Å². The minimum atomic E-state index is -0.0117. The molecule has 1 aromatic carbocycles. The summed E-state index contributed by atoms with van der Waals surface area (Å²) in [6, 6.07) is 11.4. The third kappa shape index (κ3) is 6.77. The second-order valence-corrected chi connectivity index (χ2v) is 7.61. The molecule has 0 radical (unpaired) electrons. The van der Waals surface area contributed by atoms with Crippen molar-refractivity contribution in [2.24, 2.45) is 5.10 Å². The topological polar surface area (TPSA) is 52.3 Å². The van der Waals surface area contributed by atoms with E-state index in [1.807, 2.05) is 41.3 Å². The Kier molecular flexibility index (Phi) is 9.01. The summed E-state index contributed by atoms with van der Waals surface area (Å²) >= 11 is 5.92. The van der Waals surface area contributed by atoms with Crippen molar-refractivity contribution in [2.45, 2.75) is 19.3 Å². The first-order chi connectivity index (χ1) is 13.5. The summed E-state index contributed by atoms with van der Waals surface area (Å²) in [6.45, 7) is 3.21. The first-order valence-electron chi connectivity index (χ1n) is 9.61. The number of amides is 2. The van der Waals surface area contributed by atoms with Crippen LogP contribution in [0, 0.1) is 0 Å². The van der Waals surface area contributed by atoms with Crippen molar-refractivity contribution in [3.63, 3.8) is 0 Å². The lowest BCUT2D eigenvalue weighted by atomic mass is 10.2. The largest absolute Gasteiger partial charge is 0.461 e. The van der Waals surface area contributed by atoms with Gasteiger partial charge < -0.3 is 14.2 Å². The van der Waals surface area contributed by atoms with E-state index in [0.29, 0.717) is 18.0 Å². The number of carbonyl (C=O) groups is 1. The third-order valence-corrected chi connectivity index (χ3v) is 4.91. The monoisotopic (exact) mass is 438 g/mol. The van der Waals surface area contributed by atoms with Gasteiger partial charge in [0.2, 0.25) is 0 Å². The molecule has 2 heterocycles. The maximum atomic E-state index is 12.4. The van der Waals surface area contributed by atoms with Gasteiger partial charge in [-0.3, -0.25) is 0 Å². The maximum absolute atomic E-state index is 12.4. The first-order valence-corrected chi connectivity index (χ1v) is 9.99. The predicted octanol–water partition coefficient (Wildman–Crippen LogP) is 4.63. The summed E-state index contributed by atoms with van der Waals surface area (Å²) in [6.07, 6.45) is 4.38. The molecule has 6 nitrogen and oxygen atoms in total. The van der Waals surface area contributed by atoms with Crippen molar-refractivity contribution in [3.8, 4) is 11.3 Å². The molecular weight excluding hydrogens is 411 g/mol. The fraction of sp³-hybridized carbons (Fsp3) is 0.429. The number of urea groups is 1. The normalized spacial score (nSPS) is 14.3. The smallest absolute Gasteiger partial charge is 0.340 e. The molecule has 1 aliphatic heterocycles. The van der Waals surface area contributed by atoms with E-state index in [9.17, 15) is 4.79 Å². The van der Waals surface area contributed by atoms with Gasteiger partial charge in [-0.05, 0) is 69.9 Å². The fourth-order valence-electron chi connectivity index (χ4n) is 3.10. The van der Waals surface area contributed by atoms with E-state index < -0.39 is 0 Å². The predicted molar refractivity (Wildman–Crippen MR) is 120 cm³/mol. The lowest BCUT2D eigenvalue weighted by molar-refractivity contribution is 0.192. The van der Waals surface area contributed by atoms with Gasteiger partial charge in [-0.25, -0.2) is 9.80 Å². The number of carbonyl (C=O) groups excluding carboxylic acids is 1. The molecule has 8 heteroatoms. The molecule has 0 bridgehead atoms. The molecule has 1 saturated heterocycles. The Labute approximate surface area is 183 Å². The second kappa shape index (κ2) is 11.2. The SMILES string of the molecule is CN(C)CCCCN1CCN(N=CCc2ccc(-c3ccc(Cl)cc3)o2)C1=O.Cl. The average Bonchev–Trinajstić information content (AvgIpc) is 3.27. The van der Waals surface area contributed by atoms with Crippen molar-refractivity contribution in [1.82, 2.24) is 14.8 Å². The van der Waals surface area contributed by atoms with Crippen LogP contribution in [0.1, 0.15) is 18.6 Å².